The van der Waals surface area contributed by atoms with Crippen molar-refractivity contribution in [2.75, 3.05) is 5.32 Å². The second-order valence-corrected chi connectivity index (χ2v) is 5.19. The van der Waals surface area contributed by atoms with E-state index < -0.39 is 5.91 Å². The zero-order valence-electron chi connectivity index (χ0n) is 9.88. The molecule has 0 radical (unpaired) electrons. The van der Waals surface area contributed by atoms with E-state index in [1.807, 2.05) is 0 Å². The van der Waals surface area contributed by atoms with Gasteiger partial charge in [-0.15, -0.1) is 0 Å². The minimum atomic E-state index is -0.399. The van der Waals surface area contributed by atoms with E-state index in [9.17, 15) is 9.18 Å². The van der Waals surface area contributed by atoms with Gasteiger partial charge in [-0.1, -0.05) is 11.6 Å². The highest BCUT2D eigenvalue weighted by atomic mass is 79.9. The van der Waals surface area contributed by atoms with Crippen molar-refractivity contribution in [1.29, 1.82) is 0 Å². The number of amides is 1. The molecule has 0 unspecified atom stereocenters. The van der Waals surface area contributed by atoms with Gasteiger partial charge in [0.15, 0.2) is 0 Å². The summed E-state index contributed by atoms with van der Waals surface area (Å²) in [4.78, 5) is 15.9. The smallest absolute Gasteiger partial charge is 0.274 e. The lowest BCUT2D eigenvalue weighted by Gasteiger charge is -2.09. The number of hydrogen-bond donors (Lipinski definition) is 1. The molecule has 0 saturated heterocycles. The first kappa shape index (κ1) is 14.0. The molecule has 0 aliphatic rings. The summed E-state index contributed by atoms with van der Waals surface area (Å²) in [6.07, 6.45) is 1.45. The summed E-state index contributed by atoms with van der Waals surface area (Å²) in [5, 5.41) is 3.09. The molecule has 6 heteroatoms. The first-order valence-corrected chi connectivity index (χ1v) is 6.53. The number of carbonyl (C=O) groups is 1. The van der Waals surface area contributed by atoms with Crippen LogP contribution in [-0.4, -0.2) is 10.9 Å². The Hall–Kier alpha value is -1.46. The number of hydrogen-bond acceptors (Lipinski definition) is 2. The van der Waals surface area contributed by atoms with Crippen molar-refractivity contribution in [1.82, 2.24) is 4.98 Å². The molecule has 0 spiro atoms. The minimum Gasteiger partial charge on any atom is -0.320 e. The van der Waals surface area contributed by atoms with Crippen LogP contribution in [-0.2, 0) is 0 Å². The van der Waals surface area contributed by atoms with Crippen LogP contribution in [0.15, 0.2) is 34.9 Å². The molecule has 19 heavy (non-hydrogen) atoms. The van der Waals surface area contributed by atoms with Gasteiger partial charge in [-0.2, -0.15) is 0 Å². The number of aromatic nitrogens is 1. The lowest BCUT2D eigenvalue weighted by atomic mass is 10.2. The Labute approximate surface area is 122 Å². The normalized spacial score (nSPS) is 10.3. The third-order valence-electron chi connectivity index (χ3n) is 2.47. The monoisotopic (exact) mass is 342 g/mol. The Morgan fingerprint density at radius 3 is 2.84 bits per heavy atom. The molecule has 0 fully saturated rings. The fourth-order valence-corrected chi connectivity index (χ4v) is 2.00. The SMILES string of the molecule is Cc1cc(F)c(Br)cc1NC(=O)c1cc(Cl)ccn1. The van der Waals surface area contributed by atoms with Crippen LogP contribution in [0.5, 0.6) is 0 Å². The first-order chi connectivity index (χ1) is 8.97. The summed E-state index contributed by atoms with van der Waals surface area (Å²) in [7, 11) is 0. The summed E-state index contributed by atoms with van der Waals surface area (Å²) in [6, 6.07) is 5.89. The number of carbonyl (C=O) groups excluding carboxylic acids is 1. The number of anilines is 1. The van der Waals surface area contributed by atoms with Crippen molar-refractivity contribution in [3.8, 4) is 0 Å². The maximum absolute atomic E-state index is 13.3. The predicted octanol–water partition coefficient (Wildman–Crippen LogP) is 4.20. The van der Waals surface area contributed by atoms with Gasteiger partial charge in [0.05, 0.1) is 4.47 Å². The molecule has 0 aliphatic heterocycles. The standard InChI is InChI=1S/C13H9BrClFN2O/c1-7-4-10(16)9(14)6-11(7)18-13(19)12-5-8(15)2-3-17-12/h2-6H,1H3,(H,18,19). The number of pyridine rings is 1. The van der Waals surface area contributed by atoms with Crippen LogP contribution in [0.25, 0.3) is 0 Å². The van der Waals surface area contributed by atoms with Crippen molar-refractivity contribution in [2.45, 2.75) is 6.92 Å². The Balaban J connectivity index is 2.27. The molecule has 0 saturated carbocycles. The van der Waals surface area contributed by atoms with Crippen LogP contribution in [0, 0.1) is 12.7 Å². The molecule has 2 aromatic rings. The molecular weight excluding hydrogens is 335 g/mol. The van der Waals surface area contributed by atoms with Crippen molar-refractivity contribution < 1.29 is 9.18 Å². The average molecular weight is 344 g/mol. The predicted molar refractivity (Wildman–Crippen MR) is 76.0 cm³/mol. The summed E-state index contributed by atoms with van der Waals surface area (Å²) in [5.74, 6) is -0.777. The topological polar surface area (TPSA) is 42.0 Å². The van der Waals surface area contributed by atoms with Crippen LogP contribution in [0.1, 0.15) is 16.1 Å². The number of nitrogens with zero attached hydrogens (tertiary/aromatic N) is 1. The molecular formula is C13H9BrClFN2O. The molecule has 98 valence electrons. The number of benzene rings is 1. The van der Waals surface area contributed by atoms with E-state index in [1.54, 1.807) is 13.0 Å². The fraction of sp³-hybridized carbons (Fsp3) is 0.0769. The molecule has 0 aliphatic carbocycles. The van der Waals surface area contributed by atoms with Crippen LogP contribution in [0.2, 0.25) is 5.02 Å². The molecule has 0 atom stereocenters. The maximum Gasteiger partial charge on any atom is 0.274 e. The third kappa shape index (κ3) is 3.30. The largest absolute Gasteiger partial charge is 0.320 e. The number of rotatable bonds is 2. The average Bonchev–Trinajstić information content (AvgIpc) is 2.36. The quantitative estimate of drug-likeness (QED) is 0.888. The highest BCUT2D eigenvalue weighted by Gasteiger charge is 2.11. The zero-order valence-corrected chi connectivity index (χ0v) is 12.2. The van der Waals surface area contributed by atoms with E-state index >= 15 is 0 Å². The number of halogens is 3. The van der Waals surface area contributed by atoms with E-state index in [4.69, 9.17) is 11.6 Å². The van der Waals surface area contributed by atoms with E-state index in [0.29, 0.717) is 16.3 Å². The van der Waals surface area contributed by atoms with E-state index in [2.05, 4.69) is 26.2 Å². The summed E-state index contributed by atoms with van der Waals surface area (Å²) >= 11 is 8.87. The Bertz CT molecular complexity index is 649. The van der Waals surface area contributed by atoms with Crippen molar-refractivity contribution in [3.63, 3.8) is 0 Å². The molecule has 1 heterocycles. The molecule has 2 rings (SSSR count). The van der Waals surface area contributed by atoms with Crippen LogP contribution >= 0.6 is 27.5 Å². The molecule has 1 aromatic carbocycles. The van der Waals surface area contributed by atoms with E-state index in [-0.39, 0.29) is 16.0 Å². The van der Waals surface area contributed by atoms with Gasteiger partial charge in [-0.05, 0) is 52.7 Å². The first-order valence-electron chi connectivity index (χ1n) is 5.36. The summed E-state index contributed by atoms with van der Waals surface area (Å²) in [6.45, 7) is 1.70. The second kappa shape index (κ2) is 5.67. The lowest BCUT2D eigenvalue weighted by Crippen LogP contribution is -2.14. The van der Waals surface area contributed by atoms with Gasteiger partial charge in [0.25, 0.3) is 5.91 Å². The maximum atomic E-state index is 13.3. The van der Waals surface area contributed by atoms with Gasteiger partial charge in [0.1, 0.15) is 11.5 Å². The van der Waals surface area contributed by atoms with Crippen molar-refractivity contribution in [2.24, 2.45) is 0 Å². The lowest BCUT2D eigenvalue weighted by molar-refractivity contribution is 0.102. The molecule has 1 aromatic heterocycles. The van der Waals surface area contributed by atoms with Gasteiger partial charge < -0.3 is 5.32 Å². The van der Waals surface area contributed by atoms with Gasteiger partial charge in [0.2, 0.25) is 0 Å². The van der Waals surface area contributed by atoms with Crippen molar-refractivity contribution >= 4 is 39.1 Å². The van der Waals surface area contributed by atoms with E-state index in [0.717, 1.165) is 0 Å². The van der Waals surface area contributed by atoms with Gasteiger partial charge >= 0.3 is 0 Å². The van der Waals surface area contributed by atoms with Crippen LogP contribution in [0.3, 0.4) is 0 Å². The Morgan fingerprint density at radius 1 is 1.42 bits per heavy atom. The number of nitrogens with one attached hydrogen (secondary N) is 1. The third-order valence-corrected chi connectivity index (χ3v) is 3.31. The highest BCUT2D eigenvalue weighted by molar-refractivity contribution is 9.10. The van der Waals surface area contributed by atoms with Gasteiger partial charge in [0, 0.05) is 16.9 Å². The second-order valence-electron chi connectivity index (χ2n) is 3.89. The Morgan fingerprint density at radius 2 is 2.16 bits per heavy atom. The molecule has 3 nitrogen and oxygen atoms in total. The minimum absolute atomic E-state index is 0.201. The zero-order chi connectivity index (χ0) is 14.0. The van der Waals surface area contributed by atoms with Gasteiger partial charge in [-0.3, -0.25) is 9.78 Å². The molecule has 1 N–H and O–H groups in total. The summed E-state index contributed by atoms with van der Waals surface area (Å²) in [5.41, 5.74) is 1.34. The molecule has 0 bridgehead atoms. The fourth-order valence-electron chi connectivity index (χ4n) is 1.50. The van der Waals surface area contributed by atoms with Gasteiger partial charge in [-0.25, -0.2) is 4.39 Å². The van der Waals surface area contributed by atoms with E-state index in [1.165, 1.54) is 24.4 Å². The van der Waals surface area contributed by atoms with Crippen LogP contribution < -0.4 is 5.32 Å². The molecule has 1 amide bonds. The number of aryl methyl sites for hydroxylation is 1. The Kier molecular flexibility index (Phi) is 4.17. The summed E-state index contributed by atoms with van der Waals surface area (Å²) < 4.78 is 13.6. The highest BCUT2D eigenvalue weighted by Crippen LogP contribution is 2.24. The van der Waals surface area contributed by atoms with Crippen molar-refractivity contribution in [3.05, 3.63) is 57.0 Å². The van der Waals surface area contributed by atoms with Crippen LogP contribution in [0.4, 0.5) is 10.1 Å².